The summed E-state index contributed by atoms with van der Waals surface area (Å²) in [6.45, 7) is 3.64. The lowest BCUT2D eigenvalue weighted by atomic mass is 10.1. The number of carbonyl (C=O) groups is 2. The van der Waals surface area contributed by atoms with Crippen LogP contribution < -0.4 is 5.32 Å². The molecular formula is C17H23N3O4S. The SMILES string of the molecule is CC1C(=O)NCCN1C(=O)c1ccc(S(=O)(=O)N2CCCCC2)cc1. The quantitative estimate of drug-likeness (QED) is 0.859. The molecule has 2 fully saturated rings. The van der Waals surface area contributed by atoms with Crippen molar-refractivity contribution in [3.8, 4) is 0 Å². The molecule has 0 aliphatic carbocycles. The summed E-state index contributed by atoms with van der Waals surface area (Å²) in [5.74, 6) is -0.437. The van der Waals surface area contributed by atoms with Gasteiger partial charge in [-0.1, -0.05) is 6.42 Å². The third-order valence-corrected chi connectivity index (χ3v) is 6.73. The summed E-state index contributed by atoms with van der Waals surface area (Å²) in [5.41, 5.74) is 0.388. The van der Waals surface area contributed by atoms with Crippen molar-refractivity contribution >= 4 is 21.8 Å². The first-order valence-electron chi connectivity index (χ1n) is 8.60. The molecule has 8 heteroatoms. The van der Waals surface area contributed by atoms with E-state index in [4.69, 9.17) is 0 Å². The van der Waals surface area contributed by atoms with Gasteiger partial charge in [-0.05, 0) is 44.0 Å². The van der Waals surface area contributed by atoms with Gasteiger partial charge >= 0.3 is 0 Å². The normalized spacial score (nSPS) is 22.5. The summed E-state index contributed by atoms with van der Waals surface area (Å²) in [6.07, 6.45) is 2.82. The molecule has 136 valence electrons. The van der Waals surface area contributed by atoms with Crippen LogP contribution in [0.15, 0.2) is 29.2 Å². The predicted octanol–water partition coefficient (Wildman–Crippen LogP) is 0.822. The van der Waals surface area contributed by atoms with Crippen LogP contribution in [0.4, 0.5) is 0 Å². The van der Waals surface area contributed by atoms with Crippen LogP contribution in [-0.4, -0.2) is 61.7 Å². The second-order valence-corrected chi connectivity index (χ2v) is 8.39. The minimum Gasteiger partial charge on any atom is -0.353 e. The van der Waals surface area contributed by atoms with Crippen molar-refractivity contribution in [1.29, 1.82) is 0 Å². The third kappa shape index (κ3) is 3.55. The maximum atomic E-state index is 12.6. The maximum absolute atomic E-state index is 12.6. The van der Waals surface area contributed by atoms with Gasteiger partial charge in [-0.3, -0.25) is 9.59 Å². The van der Waals surface area contributed by atoms with Crippen molar-refractivity contribution in [2.45, 2.75) is 37.1 Å². The lowest BCUT2D eigenvalue weighted by Gasteiger charge is -2.32. The Morgan fingerprint density at radius 2 is 1.72 bits per heavy atom. The van der Waals surface area contributed by atoms with E-state index in [1.165, 1.54) is 33.5 Å². The summed E-state index contributed by atoms with van der Waals surface area (Å²) >= 11 is 0. The minimum atomic E-state index is -3.50. The van der Waals surface area contributed by atoms with Crippen LogP contribution >= 0.6 is 0 Å². The number of amides is 2. The number of rotatable bonds is 3. The maximum Gasteiger partial charge on any atom is 0.254 e. The van der Waals surface area contributed by atoms with E-state index in [0.717, 1.165) is 19.3 Å². The van der Waals surface area contributed by atoms with Crippen molar-refractivity contribution < 1.29 is 18.0 Å². The van der Waals surface area contributed by atoms with Crippen LogP contribution in [-0.2, 0) is 14.8 Å². The van der Waals surface area contributed by atoms with Crippen LogP contribution in [0.3, 0.4) is 0 Å². The Labute approximate surface area is 148 Å². The van der Waals surface area contributed by atoms with E-state index in [-0.39, 0.29) is 16.7 Å². The van der Waals surface area contributed by atoms with Crippen LogP contribution in [0.5, 0.6) is 0 Å². The number of piperidine rings is 1. The fourth-order valence-corrected chi connectivity index (χ4v) is 4.77. The molecule has 2 aliphatic rings. The number of carbonyl (C=O) groups excluding carboxylic acids is 2. The second kappa shape index (κ2) is 7.13. The molecule has 7 nitrogen and oxygen atoms in total. The van der Waals surface area contributed by atoms with E-state index in [2.05, 4.69) is 5.32 Å². The van der Waals surface area contributed by atoms with Gasteiger partial charge in [-0.25, -0.2) is 8.42 Å². The van der Waals surface area contributed by atoms with E-state index in [9.17, 15) is 18.0 Å². The molecule has 1 N–H and O–H groups in total. The topological polar surface area (TPSA) is 86.8 Å². The van der Waals surface area contributed by atoms with E-state index >= 15 is 0 Å². The van der Waals surface area contributed by atoms with Crippen molar-refractivity contribution in [2.75, 3.05) is 26.2 Å². The van der Waals surface area contributed by atoms with Crippen molar-refractivity contribution in [2.24, 2.45) is 0 Å². The van der Waals surface area contributed by atoms with E-state index in [0.29, 0.717) is 31.7 Å². The average molecular weight is 365 g/mol. The first-order valence-corrected chi connectivity index (χ1v) is 10.0. The smallest absolute Gasteiger partial charge is 0.254 e. The number of hydrogen-bond donors (Lipinski definition) is 1. The number of benzene rings is 1. The highest BCUT2D eigenvalue weighted by Crippen LogP contribution is 2.21. The van der Waals surface area contributed by atoms with Crippen LogP contribution in [0.2, 0.25) is 0 Å². The fourth-order valence-electron chi connectivity index (χ4n) is 3.25. The van der Waals surface area contributed by atoms with Gasteiger partial charge < -0.3 is 10.2 Å². The van der Waals surface area contributed by atoms with Gasteiger partial charge in [0.25, 0.3) is 5.91 Å². The molecule has 2 heterocycles. The molecular weight excluding hydrogens is 342 g/mol. The Hall–Kier alpha value is -1.93. The lowest BCUT2D eigenvalue weighted by molar-refractivity contribution is -0.127. The zero-order valence-corrected chi connectivity index (χ0v) is 15.1. The molecule has 3 rings (SSSR count). The van der Waals surface area contributed by atoms with Crippen molar-refractivity contribution in [3.63, 3.8) is 0 Å². The third-order valence-electron chi connectivity index (χ3n) is 4.81. The van der Waals surface area contributed by atoms with Gasteiger partial charge in [0.15, 0.2) is 0 Å². The van der Waals surface area contributed by atoms with Crippen LogP contribution in [0.1, 0.15) is 36.5 Å². The highest BCUT2D eigenvalue weighted by Gasteiger charge is 2.30. The number of hydrogen-bond acceptors (Lipinski definition) is 4. The van der Waals surface area contributed by atoms with E-state index < -0.39 is 16.1 Å². The molecule has 1 unspecified atom stereocenters. The van der Waals surface area contributed by atoms with Gasteiger partial charge in [0.2, 0.25) is 15.9 Å². The molecule has 1 atom stereocenters. The Balaban J connectivity index is 1.77. The number of nitrogens with one attached hydrogen (secondary N) is 1. The molecule has 0 saturated carbocycles. The van der Waals surface area contributed by atoms with Gasteiger partial charge in [0.1, 0.15) is 6.04 Å². The van der Waals surface area contributed by atoms with Crippen molar-refractivity contribution in [3.05, 3.63) is 29.8 Å². The minimum absolute atomic E-state index is 0.177. The molecule has 25 heavy (non-hydrogen) atoms. The average Bonchev–Trinajstić information content (AvgIpc) is 2.64. The summed E-state index contributed by atoms with van der Waals surface area (Å²) in [4.78, 5) is 26.0. The zero-order chi connectivity index (χ0) is 18.0. The molecule has 1 aromatic carbocycles. The highest BCUT2D eigenvalue weighted by molar-refractivity contribution is 7.89. The number of nitrogens with zero attached hydrogens (tertiary/aromatic N) is 2. The lowest BCUT2D eigenvalue weighted by Crippen LogP contribution is -2.55. The van der Waals surface area contributed by atoms with Gasteiger partial charge in [0, 0.05) is 31.7 Å². The Bertz CT molecular complexity index is 755. The van der Waals surface area contributed by atoms with Gasteiger partial charge in [-0.15, -0.1) is 0 Å². The van der Waals surface area contributed by atoms with E-state index in [1.807, 2.05) is 0 Å². The largest absolute Gasteiger partial charge is 0.353 e. The zero-order valence-electron chi connectivity index (χ0n) is 14.3. The molecule has 0 spiro atoms. The standard InChI is InChI=1S/C17H23N3O4S/c1-13-16(21)18-9-12-20(13)17(22)14-5-7-15(8-6-14)25(23,24)19-10-3-2-4-11-19/h5-8,13H,2-4,9-12H2,1H3,(H,18,21). The van der Waals surface area contributed by atoms with Gasteiger partial charge in [0.05, 0.1) is 4.90 Å². The molecule has 0 radical (unpaired) electrons. The molecule has 2 amide bonds. The highest BCUT2D eigenvalue weighted by atomic mass is 32.2. The van der Waals surface area contributed by atoms with Crippen molar-refractivity contribution in [1.82, 2.24) is 14.5 Å². The molecule has 2 saturated heterocycles. The fraction of sp³-hybridized carbons (Fsp3) is 0.529. The molecule has 2 aliphatic heterocycles. The first kappa shape index (κ1) is 17.9. The second-order valence-electron chi connectivity index (χ2n) is 6.45. The molecule has 1 aromatic rings. The Kier molecular flexibility index (Phi) is 5.10. The number of piperazine rings is 1. The van der Waals surface area contributed by atoms with E-state index in [1.54, 1.807) is 6.92 Å². The Morgan fingerprint density at radius 3 is 2.36 bits per heavy atom. The first-order chi connectivity index (χ1) is 11.9. The summed E-state index contributed by atoms with van der Waals surface area (Å²) < 4.78 is 26.8. The summed E-state index contributed by atoms with van der Waals surface area (Å²) in [7, 11) is -3.50. The molecule has 0 bridgehead atoms. The number of sulfonamides is 1. The summed E-state index contributed by atoms with van der Waals surface area (Å²) in [5, 5.41) is 2.72. The summed E-state index contributed by atoms with van der Waals surface area (Å²) in [6, 6.07) is 5.48. The van der Waals surface area contributed by atoms with Crippen LogP contribution in [0, 0.1) is 0 Å². The van der Waals surface area contributed by atoms with Gasteiger partial charge in [-0.2, -0.15) is 4.31 Å². The Morgan fingerprint density at radius 1 is 1.08 bits per heavy atom. The molecule has 0 aromatic heterocycles. The predicted molar refractivity (Wildman–Crippen MR) is 92.6 cm³/mol. The van der Waals surface area contributed by atoms with Crippen LogP contribution in [0.25, 0.3) is 0 Å². The monoisotopic (exact) mass is 365 g/mol.